The number of carbonyl (C=O) groups excluding carboxylic acids is 2. The molecule has 0 spiro atoms. The number of hydrogen-bond donors (Lipinski definition) is 4. The van der Waals surface area contributed by atoms with E-state index in [9.17, 15) is 22.8 Å². The lowest BCUT2D eigenvalue weighted by atomic mass is 9.82. The van der Waals surface area contributed by atoms with E-state index in [1.807, 2.05) is 0 Å². The van der Waals surface area contributed by atoms with Crippen LogP contribution in [0.2, 0.25) is 0 Å². The first-order valence-corrected chi connectivity index (χ1v) is 6.93. The van der Waals surface area contributed by atoms with Crippen molar-refractivity contribution in [2.75, 3.05) is 0 Å². The fraction of sp³-hybridized carbons (Fsp3) is 0.429. The molecule has 0 aliphatic heterocycles. The molecule has 7 nitrogen and oxygen atoms in total. The molecule has 0 saturated heterocycles. The zero-order valence-corrected chi connectivity index (χ0v) is 12.6. The Labute approximate surface area is 136 Å². The van der Waals surface area contributed by atoms with E-state index < -0.39 is 41.9 Å². The first kappa shape index (κ1) is 19.7. The van der Waals surface area contributed by atoms with Gasteiger partial charge in [-0.05, 0) is 17.7 Å². The van der Waals surface area contributed by atoms with Gasteiger partial charge in [-0.1, -0.05) is 12.1 Å². The Bertz CT molecular complexity index is 556. The molecule has 0 heterocycles. The largest absolute Gasteiger partial charge is 0.573 e. The smallest absolute Gasteiger partial charge is 0.406 e. The predicted octanol–water partition coefficient (Wildman–Crippen LogP) is 0.0742. The topological polar surface area (TPSA) is 147 Å². The summed E-state index contributed by atoms with van der Waals surface area (Å²) in [5.74, 6) is -2.46. The molecule has 0 fully saturated rings. The Balaban J connectivity index is 3.05. The third kappa shape index (κ3) is 6.42. The number of rotatable bonds is 8. The third-order valence-electron chi connectivity index (χ3n) is 3.29. The van der Waals surface area contributed by atoms with Crippen molar-refractivity contribution in [1.29, 1.82) is 0 Å². The first-order chi connectivity index (χ1) is 11.0. The monoisotopic (exact) mass is 348 g/mol. The van der Waals surface area contributed by atoms with Gasteiger partial charge in [-0.2, -0.15) is 0 Å². The molecule has 134 valence electrons. The standard InChI is InChI=1S/C14H19F3N4O3/c15-14(16,17)24-8-3-1-7(2-4-8)13(9(18)5-11(20)22)10(19)6-12(21)23/h1-4,9-10,13H,5-6,18-19H2,(H2,20,22)(H2,21,23). The van der Waals surface area contributed by atoms with Gasteiger partial charge in [-0.3, -0.25) is 9.59 Å². The maximum Gasteiger partial charge on any atom is 0.573 e. The summed E-state index contributed by atoms with van der Waals surface area (Å²) in [4.78, 5) is 22.1. The van der Waals surface area contributed by atoms with Gasteiger partial charge in [0.05, 0.1) is 0 Å². The molecule has 1 rings (SSSR count). The van der Waals surface area contributed by atoms with Gasteiger partial charge in [0.25, 0.3) is 0 Å². The van der Waals surface area contributed by atoms with Crippen molar-refractivity contribution in [2.24, 2.45) is 22.9 Å². The van der Waals surface area contributed by atoms with Crippen LogP contribution in [-0.2, 0) is 9.59 Å². The third-order valence-corrected chi connectivity index (χ3v) is 3.29. The molecule has 2 atom stereocenters. The van der Waals surface area contributed by atoms with Crippen molar-refractivity contribution >= 4 is 11.8 Å². The fourth-order valence-corrected chi connectivity index (χ4v) is 2.42. The summed E-state index contributed by atoms with van der Waals surface area (Å²) in [7, 11) is 0. The second-order valence-corrected chi connectivity index (χ2v) is 5.31. The molecule has 2 amide bonds. The molecule has 0 bridgehead atoms. The lowest BCUT2D eigenvalue weighted by Gasteiger charge is -2.29. The van der Waals surface area contributed by atoms with Crippen molar-refractivity contribution in [3.8, 4) is 5.75 Å². The van der Waals surface area contributed by atoms with Gasteiger partial charge in [-0.25, -0.2) is 0 Å². The summed E-state index contributed by atoms with van der Waals surface area (Å²) in [5.41, 5.74) is 22.5. The average molecular weight is 348 g/mol. The van der Waals surface area contributed by atoms with Crippen molar-refractivity contribution in [3.05, 3.63) is 29.8 Å². The number of ether oxygens (including phenoxy) is 1. The summed E-state index contributed by atoms with van der Waals surface area (Å²) >= 11 is 0. The highest BCUT2D eigenvalue weighted by Gasteiger charge is 2.32. The quantitative estimate of drug-likeness (QED) is 0.525. The molecule has 10 heteroatoms. The second kappa shape index (κ2) is 7.97. The Morgan fingerprint density at radius 2 is 1.38 bits per heavy atom. The highest BCUT2D eigenvalue weighted by atomic mass is 19.4. The van der Waals surface area contributed by atoms with Crippen LogP contribution in [-0.4, -0.2) is 30.3 Å². The van der Waals surface area contributed by atoms with E-state index in [0.717, 1.165) is 12.1 Å². The van der Waals surface area contributed by atoms with Crippen LogP contribution in [0.4, 0.5) is 13.2 Å². The van der Waals surface area contributed by atoms with Gasteiger partial charge in [0.1, 0.15) is 5.75 Å². The minimum Gasteiger partial charge on any atom is -0.406 e. The minimum absolute atomic E-state index is 0.210. The summed E-state index contributed by atoms with van der Waals surface area (Å²) in [6.45, 7) is 0. The molecule has 0 aliphatic rings. The normalized spacial score (nSPS) is 15.4. The molecule has 0 saturated carbocycles. The first-order valence-electron chi connectivity index (χ1n) is 6.93. The van der Waals surface area contributed by atoms with Crippen LogP contribution in [0, 0.1) is 0 Å². The highest BCUT2D eigenvalue weighted by Crippen LogP contribution is 2.29. The maximum atomic E-state index is 12.2. The van der Waals surface area contributed by atoms with Crippen molar-refractivity contribution in [2.45, 2.75) is 37.2 Å². The van der Waals surface area contributed by atoms with E-state index >= 15 is 0 Å². The summed E-state index contributed by atoms with van der Waals surface area (Å²) in [6.07, 6.45) is -5.23. The number of halogens is 3. The number of hydrogen-bond acceptors (Lipinski definition) is 5. The summed E-state index contributed by atoms with van der Waals surface area (Å²) in [6, 6.07) is 3.17. The van der Waals surface area contributed by atoms with Crippen LogP contribution >= 0.6 is 0 Å². The van der Waals surface area contributed by atoms with Crippen LogP contribution in [0.5, 0.6) is 5.75 Å². The molecule has 2 unspecified atom stereocenters. The zero-order chi connectivity index (χ0) is 18.5. The average Bonchev–Trinajstić information content (AvgIpc) is 2.37. The van der Waals surface area contributed by atoms with Gasteiger partial charge in [0.15, 0.2) is 0 Å². The predicted molar refractivity (Wildman–Crippen MR) is 79.4 cm³/mol. The molecule has 0 radical (unpaired) electrons. The van der Waals surface area contributed by atoms with Crippen LogP contribution in [0.1, 0.15) is 24.3 Å². The van der Waals surface area contributed by atoms with E-state index in [-0.39, 0.29) is 12.8 Å². The highest BCUT2D eigenvalue weighted by molar-refractivity contribution is 5.75. The van der Waals surface area contributed by atoms with E-state index in [1.165, 1.54) is 12.1 Å². The molecule has 24 heavy (non-hydrogen) atoms. The van der Waals surface area contributed by atoms with Gasteiger partial charge in [0, 0.05) is 30.8 Å². The van der Waals surface area contributed by atoms with Gasteiger partial charge >= 0.3 is 6.36 Å². The molecular weight excluding hydrogens is 329 g/mol. The van der Waals surface area contributed by atoms with E-state index in [4.69, 9.17) is 22.9 Å². The Morgan fingerprint density at radius 3 is 1.71 bits per heavy atom. The zero-order valence-electron chi connectivity index (χ0n) is 12.6. The fourth-order valence-electron chi connectivity index (χ4n) is 2.42. The molecule has 1 aromatic rings. The maximum absolute atomic E-state index is 12.2. The number of nitrogens with two attached hydrogens (primary N) is 4. The van der Waals surface area contributed by atoms with Gasteiger partial charge in [-0.15, -0.1) is 13.2 Å². The Morgan fingerprint density at radius 1 is 0.958 bits per heavy atom. The summed E-state index contributed by atoms with van der Waals surface area (Å²) < 4.78 is 40.3. The van der Waals surface area contributed by atoms with E-state index in [2.05, 4.69) is 4.74 Å². The second-order valence-electron chi connectivity index (χ2n) is 5.31. The van der Waals surface area contributed by atoms with Crippen LogP contribution in [0.15, 0.2) is 24.3 Å². The molecule has 1 aromatic carbocycles. The molecule has 0 aliphatic carbocycles. The van der Waals surface area contributed by atoms with E-state index in [1.54, 1.807) is 0 Å². The van der Waals surface area contributed by atoms with Crippen molar-refractivity contribution < 1.29 is 27.5 Å². The number of carbonyl (C=O) groups is 2. The Hall–Kier alpha value is -2.33. The summed E-state index contributed by atoms with van der Waals surface area (Å²) in [5, 5.41) is 0. The number of primary amides is 2. The molecule has 0 aromatic heterocycles. The minimum atomic E-state index is -4.81. The van der Waals surface area contributed by atoms with Crippen LogP contribution in [0.25, 0.3) is 0 Å². The van der Waals surface area contributed by atoms with Crippen LogP contribution in [0.3, 0.4) is 0 Å². The van der Waals surface area contributed by atoms with Gasteiger partial charge < -0.3 is 27.7 Å². The van der Waals surface area contributed by atoms with E-state index in [0.29, 0.717) is 5.56 Å². The van der Waals surface area contributed by atoms with Crippen molar-refractivity contribution in [1.82, 2.24) is 0 Å². The SMILES string of the molecule is NC(=O)CC(N)C(c1ccc(OC(F)(F)F)cc1)C(N)CC(N)=O. The van der Waals surface area contributed by atoms with Crippen LogP contribution < -0.4 is 27.7 Å². The van der Waals surface area contributed by atoms with Crippen molar-refractivity contribution in [3.63, 3.8) is 0 Å². The number of amides is 2. The lowest BCUT2D eigenvalue weighted by Crippen LogP contribution is -2.44. The Kier molecular flexibility index (Phi) is 6.55. The number of benzene rings is 1. The van der Waals surface area contributed by atoms with Gasteiger partial charge in [0.2, 0.25) is 11.8 Å². The number of alkyl halides is 3. The lowest BCUT2D eigenvalue weighted by molar-refractivity contribution is -0.274. The molecular formula is C14H19F3N4O3. The molecule has 8 N–H and O–H groups in total.